The standard InChI is InChI=1S/C15H20FNO2/c1-15(2,16)12-7-14-13(18-9-19-14)6-11(12)10-4-3-5-17-8-10/h6-7,10,17H,3-5,8-9H2,1-2H3. The molecule has 1 aromatic rings. The minimum atomic E-state index is -1.37. The summed E-state index contributed by atoms with van der Waals surface area (Å²) >= 11 is 0. The molecule has 0 saturated carbocycles. The Morgan fingerprint density at radius 1 is 1.26 bits per heavy atom. The third kappa shape index (κ3) is 2.41. The van der Waals surface area contributed by atoms with E-state index >= 15 is 0 Å². The number of alkyl halides is 1. The second kappa shape index (κ2) is 4.67. The molecule has 3 rings (SSSR count). The highest BCUT2D eigenvalue weighted by Crippen LogP contribution is 2.43. The van der Waals surface area contributed by atoms with E-state index in [-0.39, 0.29) is 6.79 Å². The van der Waals surface area contributed by atoms with Crippen LogP contribution in [0.1, 0.15) is 43.7 Å². The highest BCUT2D eigenvalue weighted by molar-refractivity contribution is 5.51. The van der Waals surface area contributed by atoms with Crippen LogP contribution in [-0.4, -0.2) is 19.9 Å². The summed E-state index contributed by atoms with van der Waals surface area (Å²) in [4.78, 5) is 0. The molecule has 1 aromatic carbocycles. The molecular formula is C15H20FNO2. The van der Waals surface area contributed by atoms with E-state index in [1.54, 1.807) is 13.8 Å². The van der Waals surface area contributed by atoms with Crippen LogP contribution in [0.4, 0.5) is 4.39 Å². The van der Waals surface area contributed by atoms with Crippen molar-refractivity contribution in [2.75, 3.05) is 19.9 Å². The first-order chi connectivity index (χ1) is 9.05. The van der Waals surface area contributed by atoms with Crippen molar-refractivity contribution in [1.29, 1.82) is 0 Å². The second-order valence-electron chi connectivity index (χ2n) is 5.81. The number of piperidine rings is 1. The van der Waals surface area contributed by atoms with Gasteiger partial charge in [-0.1, -0.05) is 0 Å². The number of ether oxygens (including phenoxy) is 2. The molecule has 1 N–H and O–H groups in total. The number of nitrogens with one attached hydrogen (secondary N) is 1. The lowest BCUT2D eigenvalue weighted by molar-refractivity contribution is 0.173. The third-order valence-corrected chi connectivity index (χ3v) is 3.92. The third-order valence-electron chi connectivity index (χ3n) is 3.92. The summed E-state index contributed by atoms with van der Waals surface area (Å²) in [6.45, 7) is 5.39. The van der Waals surface area contributed by atoms with E-state index in [9.17, 15) is 4.39 Å². The van der Waals surface area contributed by atoms with E-state index in [0.717, 1.165) is 42.8 Å². The van der Waals surface area contributed by atoms with E-state index in [1.807, 2.05) is 12.1 Å². The Morgan fingerprint density at radius 2 is 2.00 bits per heavy atom. The topological polar surface area (TPSA) is 30.5 Å². The molecule has 19 heavy (non-hydrogen) atoms. The van der Waals surface area contributed by atoms with Gasteiger partial charge >= 0.3 is 0 Å². The molecule has 2 aliphatic rings. The van der Waals surface area contributed by atoms with Crippen molar-refractivity contribution in [3.05, 3.63) is 23.3 Å². The van der Waals surface area contributed by atoms with Gasteiger partial charge in [-0.2, -0.15) is 0 Å². The van der Waals surface area contributed by atoms with Crippen molar-refractivity contribution in [2.24, 2.45) is 0 Å². The SMILES string of the molecule is CC(C)(F)c1cc2c(cc1C1CCCNC1)OCO2. The van der Waals surface area contributed by atoms with Crippen LogP contribution < -0.4 is 14.8 Å². The summed E-state index contributed by atoms with van der Waals surface area (Å²) in [6.07, 6.45) is 2.22. The lowest BCUT2D eigenvalue weighted by Gasteiger charge is -2.28. The number of hydrogen-bond donors (Lipinski definition) is 1. The zero-order valence-corrected chi connectivity index (χ0v) is 11.5. The highest BCUT2D eigenvalue weighted by atomic mass is 19.1. The Morgan fingerprint density at radius 3 is 2.63 bits per heavy atom. The van der Waals surface area contributed by atoms with Gasteiger partial charge < -0.3 is 14.8 Å². The smallest absolute Gasteiger partial charge is 0.231 e. The maximum absolute atomic E-state index is 14.5. The van der Waals surface area contributed by atoms with Crippen molar-refractivity contribution in [3.8, 4) is 11.5 Å². The molecule has 104 valence electrons. The van der Waals surface area contributed by atoms with Gasteiger partial charge in [0, 0.05) is 6.54 Å². The monoisotopic (exact) mass is 265 g/mol. The largest absolute Gasteiger partial charge is 0.454 e. The Balaban J connectivity index is 2.05. The summed E-state index contributed by atoms with van der Waals surface area (Å²) < 4.78 is 25.3. The van der Waals surface area contributed by atoms with Gasteiger partial charge in [0.2, 0.25) is 6.79 Å². The summed E-state index contributed by atoms with van der Waals surface area (Å²) in [7, 11) is 0. The fourth-order valence-corrected chi connectivity index (χ4v) is 2.93. The Hall–Kier alpha value is -1.29. The molecule has 4 heteroatoms. The van der Waals surface area contributed by atoms with Gasteiger partial charge in [-0.3, -0.25) is 0 Å². The molecule has 0 spiro atoms. The molecule has 0 aromatic heterocycles. The molecule has 3 nitrogen and oxygen atoms in total. The average molecular weight is 265 g/mol. The lowest BCUT2D eigenvalue weighted by atomic mass is 9.83. The molecule has 0 radical (unpaired) electrons. The molecule has 2 heterocycles. The first-order valence-corrected chi connectivity index (χ1v) is 6.89. The molecule has 1 atom stereocenters. The normalized spacial score (nSPS) is 22.6. The lowest BCUT2D eigenvalue weighted by Crippen LogP contribution is -2.30. The fraction of sp³-hybridized carbons (Fsp3) is 0.600. The van der Waals surface area contributed by atoms with Crippen LogP contribution in [0.15, 0.2) is 12.1 Å². The number of fused-ring (bicyclic) bond motifs is 1. The Bertz CT molecular complexity index is 476. The van der Waals surface area contributed by atoms with Crippen LogP contribution in [-0.2, 0) is 5.67 Å². The van der Waals surface area contributed by atoms with Crippen LogP contribution in [0.2, 0.25) is 0 Å². The quantitative estimate of drug-likeness (QED) is 0.891. The van der Waals surface area contributed by atoms with Crippen LogP contribution in [0.25, 0.3) is 0 Å². The fourth-order valence-electron chi connectivity index (χ4n) is 2.93. The minimum Gasteiger partial charge on any atom is -0.454 e. The summed E-state index contributed by atoms with van der Waals surface area (Å²) in [6, 6.07) is 3.78. The van der Waals surface area contributed by atoms with Crippen molar-refractivity contribution in [1.82, 2.24) is 5.32 Å². The van der Waals surface area contributed by atoms with Gasteiger partial charge in [-0.15, -0.1) is 0 Å². The van der Waals surface area contributed by atoms with Crippen molar-refractivity contribution >= 4 is 0 Å². The van der Waals surface area contributed by atoms with Crippen LogP contribution in [0, 0.1) is 0 Å². The van der Waals surface area contributed by atoms with Gasteiger partial charge in [-0.05, 0) is 62.4 Å². The van der Waals surface area contributed by atoms with Crippen molar-refractivity contribution in [3.63, 3.8) is 0 Å². The van der Waals surface area contributed by atoms with Gasteiger partial charge in [0.05, 0.1) is 0 Å². The van der Waals surface area contributed by atoms with E-state index in [1.165, 1.54) is 0 Å². The molecule has 2 aliphatic heterocycles. The average Bonchev–Trinajstić information content (AvgIpc) is 2.84. The van der Waals surface area contributed by atoms with E-state index in [4.69, 9.17) is 9.47 Å². The molecule has 1 unspecified atom stereocenters. The minimum absolute atomic E-state index is 0.230. The zero-order chi connectivity index (χ0) is 13.5. The molecule has 0 amide bonds. The summed E-state index contributed by atoms with van der Waals surface area (Å²) in [5, 5.41) is 3.39. The number of benzene rings is 1. The first kappa shape index (κ1) is 12.7. The first-order valence-electron chi connectivity index (χ1n) is 6.89. The van der Waals surface area contributed by atoms with E-state index in [2.05, 4.69) is 5.32 Å². The van der Waals surface area contributed by atoms with E-state index < -0.39 is 5.67 Å². The maximum atomic E-state index is 14.5. The number of halogens is 1. The zero-order valence-electron chi connectivity index (χ0n) is 11.5. The number of rotatable bonds is 2. The summed E-state index contributed by atoms with van der Waals surface area (Å²) in [5.41, 5.74) is 0.419. The van der Waals surface area contributed by atoms with Crippen LogP contribution >= 0.6 is 0 Å². The molecule has 0 aliphatic carbocycles. The van der Waals surface area contributed by atoms with Gasteiger partial charge in [-0.25, -0.2) is 4.39 Å². The number of hydrogen-bond acceptors (Lipinski definition) is 3. The van der Waals surface area contributed by atoms with Crippen molar-refractivity contribution < 1.29 is 13.9 Å². The Labute approximate surface area is 113 Å². The molecule has 1 saturated heterocycles. The van der Waals surface area contributed by atoms with E-state index in [0.29, 0.717) is 11.7 Å². The predicted molar refractivity (Wildman–Crippen MR) is 71.5 cm³/mol. The molecule has 0 bridgehead atoms. The van der Waals surface area contributed by atoms with Gasteiger partial charge in [0.25, 0.3) is 0 Å². The highest BCUT2D eigenvalue weighted by Gasteiger charge is 2.30. The van der Waals surface area contributed by atoms with Crippen LogP contribution in [0.5, 0.6) is 11.5 Å². The van der Waals surface area contributed by atoms with Gasteiger partial charge in [0.1, 0.15) is 5.67 Å². The summed E-state index contributed by atoms with van der Waals surface area (Å²) in [5.74, 6) is 1.76. The predicted octanol–water partition coefficient (Wildman–Crippen LogP) is 3.09. The van der Waals surface area contributed by atoms with Gasteiger partial charge in [0.15, 0.2) is 11.5 Å². The van der Waals surface area contributed by atoms with Crippen LogP contribution in [0.3, 0.4) is 0 Å². The molecular weight excluding hydrogens is 245 g/mol. The second-order valence-corrected chi connectivity index (χ2v) is 5.81. The maximum Gasteiger partial charge on any atom is 0.231 e. The van der Waals surface area contributed by atoms with Crippen molar-refractivity contribution in [2.45, 2.75) is 38.3 Å². The Kier molecular flexibility index (Phi) is 3.13. The molecule has 1 fully saturated rings.